The molecule has 0 bridgehead atoms. The third-order valence-electron chi connectivity index (χ3n) is 2.64. The second-order valence-corrected chi connectivity index (χ2v) is 6.49. The number of hydrogen-bond acceptors (Lipinski definition) is 4. The predicted octanol–water partition coefficient (Wildman–Crippen LogP) is -0.0852. The summed E-state index contributed by atoms with van der Waals surface area (Å²) in [5, 5.41) is 8.67. The zero-order valence-electron chi connectivity index (χ0n) is 11.9. The van der Waals surface area contributed by atoms with Crippen molar-refractivity contribution in [2.75, 3.05) is 13.2 Å². The van der Waals surface area contributed by atoms with E-state index in [1.165, 1.54) is 12.1 Å². The fraction of sp³-hybridized carbons (Fsp3) is 0.357. The summed E-state index contributed by atoms with van der Waals surface area (Å²) in [4.78, 5) is 11.1. The van der Waals surface area contributed by atoms with Crippen LogP contribution in [0.1, 0.15) is 19.4 Å². The van der Waals surface area contributed by atoms with Gasteiger partial charge in [0, 0.05) is 11.6 Å². The average Bonchev–Trinajstić information content (AvgIpc) is 2.42. The third-order valence-corrected chi connectivity index (χ3v) is 4.66. The lowest BCUT2D eigenvalue weighted by Gasteiger charge is -2.24. The quantitative estimate of drug-likeness (QED) is 0.742. The summed E-state index contributed by atoms with van der Waals surface area (Å²) >= 11 is 0. The number of aliphatic hydroxyl groups excluding tert-OH is 1. The molecule has 21 heavy (non-hydrogen) atoms. The van der Waals surface area contributed by atoms with Gasteiger partial charge in [-0.25, -0.2) is 8.42 Å². The van der Waals surface area contributed by atoms with Gasteiger partial charge in [-0.2, -0.15) is 4.31 Å². The molecule has 0 aliphatic carbocycles. The van der Waals surface area contributed by atoms with E-state index in [4.69, 9.17) is 10.8 Å². The fourth-order valence-electron chi connectivity index (χ4n) is 1.71. The minimum atomic E-state index is -3.84. The normalized spacial score (nSPS) is 11.3. The molecule has 3 N–H and O–H groups in total. The molecule has 7 heteroatoms. The molecule has 0 aliphatic heterocycles. The van der Waals surface area contributed by atoms with Crippen LogP contribution in [0, 0.1) is 11.8 Å². The first-order valence-electron chi connectivity index (χ1n) is 6.29. The summed E-state index contributed by atoms with van der Waals surface area (Å²) in [5.41, 5.74) is 5.57. The van der Waals surface area contributed by atoms with Crippen LogP contribution >= 0.6 is 0 Å². The van der Waals surface area contributed by atoms with Crippen molar-refractivity contribution in [2.45, 2.75) is 24.8 Å². The summed E-state index contributed by atoms with van der Waals surface area (Å²) < 4.78 is 26.1. The van der Waals surface area contributed by atoms with Crippen LogP contribution in [0.2, 0.25) is 0 Å². The highest BCUT2D eigenvalue weighted by molar-refractivity contribution is 7.89. The Labute approximate surface area is 124 Å². The van der Waals surface area contributed by atoms with Crippen LogP contribution in [-0.2, 0) is 14.8 Å². The Morgan fingerprint density at radius 3 is 2.62 bits per heavy atom. The lowest BCUT2D eigenvalue weighted by Crippen LogP contribution is -2.42. The summed E-state index contributed by atoms with van der Waals surface area (Å²) in [7, 11) is -3.84. The number of primary amides is 1. The largest absolute Gasteiger partial charge is 0.384 e. The highest BCUT2D eigenvalue weighted by Gasteiger charge is 2.28. The maximum atomic E-state index is 12.6. The van der Waals surface area contributed by atoms with Gasteiger partial charge in [0.25, 0.3) is 0 Å². The third kappa shape index (κ3) is 4.56. The van der Waals surface area contributed by atoms with Crippen LogP contribution in [-0.4, -0.2) is 42.9 Å². The Kier molecular flexibility index (Phi) is 5.90. The van der Waals surface area contributed by atoms with E-state index in [0.29, 0.717) is 5.56 Å². The van der Waals surface area contributed by atoms with E-state index in [1.807, 2.05) is 0 Å². The number of amides is 1. The molecule has 0 fully saturated rings. The Bertz CT molecular complexity index is 672. The van der Waals surface area contributed by atoms with E-state index in [0.717, 1.165) is 4.31 Å². The first-order valence-corrected chi connectivity index (χ1v) is 7.73. The lowest BCUT2D eigenvalue weighted by atomic mass is 10.2. The van der Waals surface area contributed by atoms with Crippen molar-refractivity contribution in [1.82, 2.24) is 4.31 Å². The van der Waals surface area contributed by atoms with Crippen LogP contribution in [0.15, 0.2) is 29.2 Å². The van der Waals surface area contributed by atoms with E-state index < -0.39 is 22.0 Å². The van der Waals surface area contributed by atoms with Crippen molar-refractivity contribution >= 4 is 15.9 Å². The lowest BCUT2D eigenvalue weighted by molar-refractivity contribution is -0.118. The van der Waals surface area contributed by atoms with Crippen molar-refractivity contribution in [3.8, 4) is 11.8 Å². The predicted molar refractivity (Wildman–Crippen MR) is 78.6 cm³/mol. The molecular formula is C14H18N2O4S. The van der Waals surface area contributed by atoms with Gasteiger partial charge < -0.3 is 10.8 Å². The number of rotatable bonds is 5. The Morgan fingerprint density at radius 1 is 1.43 bits per heavy atom. The van der Waals surface area contributed by atoms with E-state index >= 15 is 0 Å². The smallest absolute Gasteiger partial charge is 0.243 e. The number of carbonyl (C=O) groups is 1. The number of nitrogens with zero attached hydrogens (tertiary/aromatic N) is 1. The zero-order chi connectivity index (χ0) is 16.0. The Morgan fingerprint density at radius 2 is 2.10 bits per heavy atom. The number of benzene rings is 1. The molecule has 0 aromatic heterocycles. The van der Waals surface area contributed by atoms with Gasteiger partial charge in [0.2, 0.25) is 15.9 Å². The van der Waals surface area contributed by atoms with Crippen molar-refractivity contribution in [3.05, 3.63) is 29.8 Å². The van der Waals surface area contributed by atoms with Crippen molar-refractivity contribution < 1.29 is 18.3 Å². The van der Waals surface area contributed by atoms with Crippen LogP contribution in [0.25, 0.3) is 0 Å². The van der Waals surface area contributed by atoms with Crippen molar-refractivity contribution in [1.29, 1.82) is 0 Å². The van der Waals surface area contributed by atoms with Crippen LogP contribution in [0.5, 0.6) is 0 Å². The second kappa shape index (κ2) is 7.22. The molecule has 0 unspecified atom stereocenters. The molecule has 0 atom stereocenters. The highest BCUT2D eigenvalue weighted by Crippen LogP contribution is 2.19. The Hall–Kier alpha value is -1.88. The Balaban J connectivity index is 3.25. The number of sulfonamides is 1. The van der Waals surface area contributed by atoms with Crippen molar-refractivity contribution in [2.24, 2.45) is 5.73 Å². The summed E-state index contributed by atoms with van der Waals surface area (Å²) in [5.74, 6) is 4.37. The minimum Gasteiger partial charge on any atom is -0.384 e. The molecular weight excluding hydrogens is 292 g/mol. The number of carbonyl (C=O) groups excluding carboxylic acids is 1. The van der Waals surface area contributed by atoms with Crippen molar-refractivity contribution in [3.63, 3.8) is 0 Å². The molecule has 0 saturated heterocycles. The average molecular weight is 310 g/mol. The fourth-order valence-corrected chi connectivity index (χ4v) is 3.36. The maximum absolute atomic E-state index is 12.6. The monoisotopic (exact) mass is 310 g/mol. The van der Waals surface area contributed by atoms with Gasteiger partial charge in [-0.15, -0.1) is 0 Å². The number of nitrogens with two attached hydrogens (primary N) is 1. The van der Waals surface area contributed by atoms with Crippen LogP contribution in [0.3, 0.4) is 0 Å². The molecule has 0 radical (unpaired) electrons. The SMILES string of the molecule is CC(C)N(CC(N)=O)S(=O)(=O)c1cccc(C#CCO)c1. The van der Waals surface area contributed by atoms with E-state index in [1.54, 1.807) is 26.0 Å². The molecule has 1 aromatic carbocycles. The standard InChI is InChI=1S/C14H18N2O4S/c1-11(2)16(10-14(15)18)21(19,20)13-7-3-5-12(9-13)6-4-8-17/h3,5,7,9,11,17H,8,10H2,1-2H3,(H2,15,18). The second-order valence-electron chi connectivity index (χ2n) is 4.60. The number of aliphatic hydroxyl groups is 1. The molecule has 0 spiro atoms. The highest BCUT2D eigenvalue weighted by atomic mass is 32.2. The first kappa shape index (κ1) is 17.2. The van der Waals surface area contributed by atoms with Crippen LogP contribution in [0.4, 0.5) is 0 Å². The summed E-state index contributed by atoms with van der Waals surface area (Å²) in [6.07, 6.45) is 0. The molecule has 114 valence electrons. The van der Waals surface area contributed by atoms with Gasteiger partial charge in [0.05, 0.1) is 11.4 Å². The molecule has 1 amide bonds. The van der Waals surface area contributed by atoms with Gasteiger partial charge >= 0.3 is 0 Å². The van der Waals surface area contributed by atoms with Gasteiger partial charge in [-0.3, -0.25) is 4.79 Å². The minimum absolute atomic E-state index is 0.0298. The maximum Gasteiger partial charge on any atom is 0.243 e. The summed E-state index contributed by atoms with van der Waals surface area (Å²) in [6.45, 7) is 2.63. The van der Waals surface area contributed by atoms with E-state index in [2.05, 4.69) is 11.8 Å². The van der Waals surface area contributed by atoms with Gasteiger partial charge in [-0.1, -0.05) is 17.9 Å². The topological polar surface area (TPSA) is 101 Å². The van der Waals surface area contributed by atoms with Crippen LogP contribution < -0.4 is 5.73 Å². The number of hydrogen-bond donors (Lipinski definition) is 2. The van der Waals surface area contributed by atoms with E-state index in [-0.39, 0.29) is 18.0 Å². The molecule has 0 heterocycles. The molecule has 1 aromatic rings. The van der Waals surface area contributed by atoms with Gasteiger partial charge in [-0.05, 0) is 32.0 Å². The van der Waals surface area contributed by atoms with Gasteiger partial charge in [0.15, 0.2) is 0 Å². The summed E-state index contributed by atoms with van der Waals surface area (Å²) in [6, 6.07) is 5.60. The van der Waals surface area contributed by atoms with Gasteiger partial charge in [0.1, 0.15) is 6.61 Å². The molecule has 0 saturated carbocycles. The zero-order valence-corrected chi connectivity index (χ0v) is 12.7. The van der Waals surface area contributed by atoms with E-state index in [9.17, 15) is 13.2 Å². The molecule has 1 rings (SSSR count). The first-order chi connectivity index (χ1) is 9.78. The molecule has 6 nitrogen and oxygen atoms in total. The molecule has 0 aliphatic rings.